The summed E-state index contributed by atoms with van der Waals surface area (Å²) in [6.45, 7) is 2.08. The van der Waals surface area contributed by atoms with Crippen LogP contribution in [0.15, 0.2) is 29.3 Å². The number of ether oxygens (including phenoxy) is 1. The van der Waals surface area contributed by atoms with Gasteiger partial charge in [0.25, 0.3) is 5.69 Å². The molecule has 0 radical (unpaired) electrons. The lowest BCUT2D eigenvalue weighted by atomic mass is 10.1. The van der Waals surface area contributed by atoms with Gasteiger partial charge in [0.15, 0.2) is 5.96 Å². The maximum absolute atomic E-state index is 10.7. The van der Waals surface area contributed by atoms with Crippen molar-refractivity contribution in [2.75, 3.05) is 13.2 Å². The molecule has 0 atom stereocenters. The van der Waals surface area contributed by atoms with Crippen molar-refractivity contribution in [2.45, 2.75) is 57.2 Å². The number of non-ortho nitro benzene ring substituents is 1. The van der Waals surface area contributed by atoms with Crippen LogP contribution in [0.2, 0.25) is 0 Å². The number of guanidine groups is 1. The Morgan fingerprint density at radius 1 is 1.08 bits per heavy atom. The predicted molar refractivity (Wildman–Crippen MR) is 96.6 cm³/mol. The maximum atomic E-state index is 10.7. The molecule has 1 aliphatic carbocycles. The van der Waals surface area contributed by atoms with Crippen LogP contribution in [0.1, 0.15) is 44.1 Å². The fraction of sp³-hybridized carbons (Fsp3) is 0.611. The topological polar surface area (TPSA) is 88.8 Å². The van der Waals surface area contributed by atoms with Gasteiger partial charge < -0.3 is 15.4 Å². The van der Waals surface area contributed by atoms with Crippen molar-refractivity contribution in [1.82, 2.24) is 10.6 Å². The Kier molecular flexibility index (Phi) is 6.22. The average molecular weight is 346 g/mol. The second-order valence-electron chi connectivity index (χ2n) is 6.75. The van der Waals surface area contributed by atoms with E-state index >= 15 is 0 Å². The van der Waals surface area contributed by atoms with Crippen LogP contribution in [0.4, 0.5) is 5.69 Å². The Morgan fingerprint density at radius 3 is 2.28 bits per heavy atom. The zero-order chi connectivity index (χ0) is 17.5. The molecule has 7 nitrogen and oxygen atoms in total. The van der Waals surface area contributed by atoms with Gasteiger partial charge in [0.1, 0.15) is 0 Å². The van der Waals surface area contributed by atoms with E-state index in [0.29, 0.717) is 18.6 Å². The maximum Gasteiger partial charge on any atom is 0.269 e. The average Bonchev–Trinajstić information content (AvgIpc) is 3.14. The van der Waals surface area contributed by atoms with Crippen LogP contribution < -0.4 is 10.6 Å². The Labute approximate surface area is 148 Å². The minimum atomic E-state index is -0.382. The second-order valence-corrected chi connectivity index (χ2v) is 6.75. The van der Waals surface area contributed by atoms with E-state index in [0.717, 1.165) is 37.6 Å². The number of benzene rings is 1. The standard InChI is InChI=1S/C18H26N4O3/c23-22(24)17-7-5-14(6-8-17)13-19-18(20-15-3-1-2-4-15)21-16-9-11-25-12-10-16/h5-8,15-16H,1-4,9-13H2,(H2,19,20,21). The highest BCUT2D eigenvalue weighted by Crippen LogP contribution is 2.18. The van der Waals surface area contributed by atoms with Crippen molar-refractivity contribution >= 4 is 11.6 Å². The van der Waals surface area contributed by atoms with E-state index in [-0.39, 0.29) is 10.6 Å². The van der Waals surface area contributed by atoms with Crippen LogP contribution in [-0.4, -0.2) is 36.2 Å². The normalized spacial score (nSPS) is 19.8. The van der Waals surface area contributed by atoms with E-state index in [2.05, 4.69) is 10.6 Å². The predicted octanol–water partition coefficient (Wildman–Crippen LogP) is 2.75. The molecule has 1 heterocycles. The zero-order valence-corrected chi connectivity index (χ0v) is 14.4. The summed E-state index contributed by atoms with van der Waals surface area (Å²) in [4.78, 5) is 15.1. The molecule has 2 N–H and O–H groups in total. The van der Waals surface area contributed by atoms with E-state index < -0.39 is 0 Å². The van der Waals surface area contributed by atoms with Crippen LogP contribution in [-0.2, 0) is 11.3 Å². The van der Waals surface area contributed by atoms with Gasteiger partial charge in [-0.2, -0.15) is 0 Å². The van der Waals surface area contributed by atoms with Gasteiger partial charge in [-0.1, -0.05) is 25.0 Å². The van der Waals surface area contributed by atoms with Crippen LogP contribution in [0, 0.1) is 10.1 Å². The van der Waals surface area contributed by atoms with Crippen LogP contribution in [0.3, 0.4) is 0 Å². The fourth-order valence-electron chi connectivity index (χ4n) is 3.33. The highest BCUT2D eigenvalue weighted by Gasteiger charge is 2.19. The first-order chi connectivity index (χ1) is 12.2. The van der Waals surface area contributed by atoms with Gasteiger partial charge in [-0.3, -0.25) is 10.1 Å². The van der Waals surface area contributed by atoms with Crippen molar-refractivity contribution in [1.29, 1.82) is 0 Å². The molecule has 1 aromatic carbocycles. The summed E-state index contributed by atoms with van der Waals surface area (Å²) in [6.07, 6.45) is 6.89. The molecule has 2 aliphatic rings. The largest absolute Gasteiger partial charge is 0.381 e. The Bertz CT molecular complexity index is 591. The summed E-state index contributed by atoms with van der Waals surface area (Å²) in [6, 6.07) is 7.47. The van der Waals surface area contributed by atoms with E-state index in [4.69, 9.17) is 9.73 Å². The first-order valence-electron chi connectivity index (χ1n) is 9.09. The monoisotopic (exact) mass is 346 g/mol. The fourth-order valence-corrected chi connectivity index (χ4v) is 3.33. The highest BCUT2D eigenvalue weighted by molar-refractivity contribution is 5.80. The smallest absolute Gasteiger partial charge is 0.269 e. The van der Waals surface area contributed by atoms with Crippen LogP contribution >= 0.6 is 0 Å². The number of hydrogen-bond acceptors (Lipinski definition) is 4. The van der Waals surface area contributed by atoms with Gasteiger partial charge in [-0.15, -0.1) is 0 Å². The quantitative estimate of drug-likeness (QED) is 0.370. The summed E-state index contributed by atoms with van der Waals surface area (Å²) < 4.78 is 5.42. The van der Waals surface area contributed by atoms with Gasteiger partial charge in [-0.25, -0.2) is 4.99 Å². The third-order valence-electron chi connectivity index (χ3n) is 4.83. The summed E-state index contributed by atoms with van der Waals surface area (Å²) in [5.41, 5.74) is 1.07. The first-order valence-corrected chi connectivity index (χ1v) is 9.09. The van der Waals surface area contributed by atoms with Crippen molar-refractivity contribution in [3.8, 4) is 0 Å². The summed E-state index contributed by atoms with van der Waals surface area (Å²) in [5, 5.41) is 17.8. The molecule has 0 spiro atoms. The lowest BCUT2D eigenvalue weighted by molar-refractivity contribution is -0.384. The molecule has 1 aliphatic heterocycles. The first kappa shape index (κ1) is 17.7. The number of nitro benzene ring substituents is 1. The van der Waals surface area contributed by atoms with Crippen LogP contribution in [0.5, 0.6) is 0 Å². The highest BCUT2D eigenvalue weighted by atomic mass is 16.6. The molecule has 0 amide bonds. The Balaban J connectivity index is 1.63. The number of nitrogens with one attached hydrogen (secondary N) is 2. The Morgan fingerprint density at radius 2 is 1.68 bits per heavy atom. The third kappa shape index (κ3) is 5.42. The summed E-state index contributed by atoms with van der Waals surface area (Å²) in [5.74, 6) is 0.845. The zero-order valence-electron chi connectivity index (χ0n) is 14.4. The second kappa shape index (κ2) is 8.80. The number of rotatable bonds is 5. The van der Waals surface area contributed by atoms with Crippen molar-refractivity contribution in [2.24, 2.45) is 4.99 Å². The van der Waals surface area contributed by atoms with Gasteiger partial charge in [0.2, 0.25) is 0 Å². The molecule has 1 aromatic rings. The van der Waals surface area contributed by atoms with Gasteiger partial charge in [0, 0.05) is 37.4 Å². The molecule has 0 unspecified atom stereocenters. The van der Waals surface area contributed by atoms with E-state index in [1.54, 1.807) is 12.1 Å². The number of aliphatic imine (C=N–C) groups is 1. The molecule has 0 aromatic heterocycles. The van der Waals surface area contributed by atoms with E-state index in [1.165, 1.54) is 37.8 Å². The van der Waals surface area contributed by atoms with Gasteiger partial charge in [0.05, 0.1) is 11.5 Å². The summed E-state index contributed by atoms with van der Waals surface area (Å²) in [7, 11) is 0. The van der Waals surface area contributed by atoms with Crippen molar-refractivity contribution < 1.29 is 9.66 Å². The Hall–Kier alpha value is -2.15. The lowest BCUT2D eigenvalue weighted by Crippen LogP contribution is -2.48. The number of nitrogens with zero attached hydrogens (tertiary/aromatic N) is 2. The number of hydrogen-bond donors (Lipinski definition) is 2. The lowest BCUT2D eigenvalue weighted by Gasteiger charge is -2.26. The molecule has 2 fully saturated rings. The van der Waals surface area contributed by atoms with Crippen molar-refractivity contribution in [3.63, 3.8) is 0 Å². The van der Waals surface area contributed by atoms with Crippen molar-refractivity contribution in [3.05, 3.63) is 39.9 Å². The number of nitro groups is 1. The van der Waals surface area contributed by atoms with E-state index in [1.807, 2.05) is 0 Å². The molecule has 1 saturated heterocycles. The molecular weight excluding hydrogens is 320 g/mol. The third-order valence-corrected chi connectivity index (χ3v) is 4.83. The molecule has 3 rings (SSSR count). The minimum absolute atomic E-state index is 0.109. The molecule has 0 bridgehead atoms. The van der Waals surface area contributed by atoms with Crippen LogP contribution in [0.25, 0.3) is 0 Å². The van der Waals surface area contributed by atoms with E-state index in [9.17, 15) is 10.1 Å². The van der Waals surface area contributed by atoms with Gasteiger partial charge >= 0.3 is 0 Å². The van der Waals surface area contributed by atoms with Gasteiger partial charge in [-0.05, 0) is 31.2 Å². The molecule has 1 saturated carbocycles. The SMILES string of the molecule is O=[N+]([O-])c1ccc(CN=C(NC2CCCC2)NC2CCOCC2)cc1. The summed E-state index contributed by atoms with van der Waals surface area (Å²) >= 11 is 0. The molecule has 25 heavy (non-hydrogen) atoms. The molecular formula is C18H26N4O3. The molecule has 136 valence electrons. The minimum Gasteiger partial charge on any atom is -0.381 e. The molecule has 7 heteroatoms.